The maximum Gasteiger partial charge on any atom is 0.460 e. The summed E-state index contributed by atoms with van der Waals surface area (Å²) in [5.41, 5.74) is -7.22. The maximum atomic E-state index is 14.0. The monoisotopic (exact) mass is 540 g/mol. The van der Waals surface area contributed by atoms with Gasteiger partial charge in [-0.05, 0) is 24.1 Å². The number of hydrogen-bond acceptors (Lipinski definition) is 3. The smallest absolute Gasteiger partial charge is 0.460 e. The van der Waals surface area contributed by atoms with E-state index in [9.17, 15) is 61.9 Å². The highest BCUT2D eigenvalue weighted by Gasteiger charge is 2.94. The van der Waals surface area contributed by atoms with E-state index in [4.69, 9.17) is 4.74 Å². The van der Waals surface area contributed by atoms with Gasteiger partial charge in [-0.1, -0.05) is 26.0 Å². The van der Waals surface area contributed by atoms with Crippen molar-refractivity contribution in [3.63, 3.8) is 0 Å². The zero-order chi connectivity index (χ0) is 27.7. The third-order valence-electron chi connectivity index (χ3n) is 4.84. The van der Waals surface area contributed by atoms with Crippen LogP contribution in [-0.4, -0.2) is 48.6 Å². The fourth-order valence-corrected chi connectivity index (χ4v) is 2.57. The Labute approximate surface area is 189 Å². The number of benzene rings is 1. The molecule has 0 saturated heterocycles. The lowest BCUT2D eigenvalue weighted by atomic mass is 9.88. The Morgan fingerprint density at radius 2 is 1.23 bits per heavy atom. The van der Waals surface area contributed by atoms with Gasteiger partial charge in [0.1, 0.15) is 5.75 Å². The van der Waals surface area contributed by atoms with Crippen molar-refractivity contribution in [3.8, 4) is 5.75 Å². The summed E-state index contributed by atoms with van der Waals surface area (Å²) >= 11 is 0. The van der Waals surface area contributed by atoms with Crippen LogP contribution < -0.4 is 4.74 Å². The molecule has 0 saturated carbocycles. The molecule has 16 heteroatoms. The van der Waals surface area contributed by atoms with Gasteiger partial charge in [0.05, 0.1) is 12.5 Å². The lowest BCUT2D eigenvalue weighted by Crippen LogP contribution is -2.77. The van der Waals surface area contributed by atoms with Crippen LogP contribution in [0.5, 0.6) is 5.75 Å². The molecule has 1 aromatic carbocycles. The number of carbonyl (C=O) groups is 1. The van der Waals surface area contributed by atoms with Gasteiger partial charge in [0, 0.05) is 6.42 Å². The average molecular weight is 540 g/mol. The number of carbonyl (C=O) groups excluding carboxylic acids is 1. The summed E-state index contributed by atoms with van der Waals surface area (Å²) in [7, 11) is 0. The van der Waals surface area contributed by atoms with E-state index in [1.54, 1.807) is 13.8 Å². The lowest BCUT2D eigenvalue weighted by molar-refractivity contribution is -0.466. The van der Waals surface area contributed by atoms with Crippen LogP contribution in [-0.2, 0) is 16.0 Å². The minimum Gasteiger partial charge on any atom is -0.465 e. The summed E-state index contributed by atoms with van der Waals surface area (Å²) in [6.45, 7) is 2.93. The molecule has 0 radical (unpaired) electrons. The summed E-state index contributed by atoms with van der Waals surface area (Å²) < 4.78 is 180. The zero-order valence-electron chi connectivity index (χ0n) is 17.6. The summed E-state index contributed by atoms with van der Waals surface area (Å²) in [6, 6.07) is 1.87. The van der Waals surface area contributed by atoms with Gasteiger partial charge in [0.15, 0.2) is 0 Å². The number of ether oxygens (including phenoxy) is 2. The highest BCUT2D eigenvalue weighted by Crippen LogP contribution is 2.61. The number of halogens is 13. The van der Waals surface area contributed by atoms with Gasteiger partial charge in [-0.15, -0.1) is 0 Å². The summed E-state index contributed by atoms with van der Waals surface area (Å²) in [5, 5.41) is 0. The molecule has 0 amide bonds. The fourth-order valence-electron chi connectivity index (χ4n) is 2.57. The minimum absolute atomic E-state index is 0.0614. The van der Waals surface area contributed by atoms with E-state index in [2.05, 4.69) is 4.74 Å². The van der Waals surface area contributed by atoms with Crippen molar-refractivity contribution in [3.05, 3.63) is 29.8 Å². The van der Waals surface area contributed by atoms with Crippen LogP contribution in [0.2, 0.25) is 0 Å². The molecule has 1 atom stereocenters. The van der Waals surface area contributed by atoms with Crippen LogP contribution in [0.3, 0.4) is 0 Å². The average Bonchev–Trinajstić information content (AvgIpc) is 2.69. The molecule has 0 heterocycles. The molecule has 0 spiro atoms. The third-order valence-corrected chi connectivity index (χ3v) is 4.84. The highest BCUT2D eigenvalue weighted by molar-refractivity contribution is 5.71. The Bertz CT molecular complexity index is 841. The van der Waals surface area contributed by atoms with E-state index in [1.165, 1.54) is 0 Å². The van der Waals surface area contributed by atoms with Crippen LogP contribution in [0.25, 0.3) is 0 Å². The maximum absolute atomic E-state index is 14.0. The van der Waals surface area contributed by atoms with Crippen LogP contribution in [0.4, 0.5) is 57.1 Å². The van der Waals surface area contributed by atoms with Crippen molar-refractivity contribution in [2.24, 2.45) is 5.92 Å². The Hall–Kier alpha value is -2.42. The third kappa shape index (κ3) is 5.71. The molecule has 0 bridgehead atoms. The van der Waals surface area contributed by atoms with Gasteiger partial charge in [-0.2, -0.15) is 57.1 Å². The Morgan fingerprint density at radius 1 is 0.771 bits per heavy atom. The molecular weight excluding hydrogens is 523 g/mol. The standard InChI is InChI=1S/C19H17F13O3/c1-3-10(2)13(33)34-9-8-11-4-6-12(7-5-11)35-14(17(24,25)26,18(27,28)29)15(20,21)16(22,23)19(30,31)32/h4-7,10H,3,8-9H2,1-2H3. The van der Waals surface area contributed by atoms with Gasteiger partial charge in [-0.25, -0.2) is 0 Å². The molecule has 0 aliphatic heterocycles. The Morgan fingerprint density at radius 3 is 1.60 bits per heavy atom. The van der Waals surface area contributed by atoms with Crippen LogP contribution in [0.1, 0.15) is 25.8 Å². The molecule has 35 heavy (non-hydrogen) atoms. The van der Waals surface area contributed by atoms with Crippen LogP contribution in [0, 0.1) is 5.92 Å². The van der Waals surface area contributed by atoms with Crippen molar-refractivity contribution >= 4 is 5.97 Å². The van der Waals surface area contributed by atoms with E-state index in [0.29, 0.717) is 18.6 Å². The second-order valence-electron chi connectivity index (χ2n) is 7.30. The predicted molar refractivity (Wildman–Crippen MR) is 92.0 cm³/mol. The predicted octanol–water partition coefficient (Wildman–Crippen LogP) is 6.89. The minimum atomic E-state index is -7.89. The van der Waals surface area contributed by atoms with Crippen molar-refractivity contribution in [2.45, 2.75) is 62.7 Å². The number of hydrogen-bond donors (Lipinski definition) is 0. The first kappa shape index (κ1) is 30.6. The summed E-state index contributed by atoms with van der Waals surface area (Å²) in [5.74, 6) is -18.5. The molecule has 1 unspecified atom stereocenters. The molecule has 0 N–H and O–H groups in total. The lowest BCUT2D eigenvalue weighted by Gasteiger charge is -2.44. The van der Waals surface area contributed by atoms with Gasteiger partial charge in [-0.3, -0.25) is 4.79 Å². The van der Waals surface area contributed by atoms with E-state index >= 15 is 0 Å². The fraction of sp³-hybridized carbons (Fsp3) is 0.632. The second kappa shape index (κ2) is 9.91. The summed E-state index contributed by atoms with van der Waals surface area (Å²) in [6.07, 6.45) is -22.2. The second-order valence-corrected chi connectivity index (χ2v) is 7.30. The SMILES string of the molecule is CCC(C)C(=O)OCCc1ccc(OC(C(F)(F)F)(C(F)(F)F)C(F)(F)C(F)(F)C(F)(F)F)cc1. The van der Waals surface area contributed by atoms with Gasteiger partial charge in [0.25, 0.3) is 0 Å². The van der Waals surface area contributed by atoms with Crippen LogP contribution in [0.15, 0.2) is 24.3 Å². The normalized spacial score (nSPS) is 15.1. The Balaban J connectivity index is 3.39. The zero-order valence-corrected chi connectivity index (χ0v) is 17.6. The van der Waals surface area contributed by atoms with Crippen molar-refractivity contribution < 1.29 is 71.3 Å². The van der Waals surface area contributed by atoms with Crippen molar-refractivity contribution in [1.29, 1.82) is 0 Å². The Kier molecular flexibility index (Phi) is 8.67. The molecular formula is C19H17F13O3. The molecule has 0 aromatic heterocycles. The quantitative estimate of drug-likeness (QED) is 0.253. The van der Waals surface area contributed by atoms with Gasteiger partial charge < -0.3 is 9.47 Å². The molecule has 0 fully saturated rings. The van der Waals surface area contributed by atoms with E-state index < -0.39 is 53.6 Å². The van der Waals surface area contributed by atoms with Crippen molar-refractivity contribution in [1.82, 2.24) is 0 Å². The van der Waals surface area contributed by atoms with E-state index in [1.807, 2.05) is 0 Å². The first-order chi connectivity index (χ1) is 15.6. The topological polar surface area (TPSA) is 35.5 Å². The van der Waals surface area contributed by atoms with Gasteiger partial charge >= 0.3 is 41.9 Å². The first-order valence-electron chi connectivity index (χ1n) is 9.47. The largest absolute Gasteiger partial charge is 0.465 e. The number of esters is 1. The van der Waals surface area contributed by atoms with Crippen LogP contribution >= 0.6 is 0 Å². The molecule has 202 valence electrons. The molecule has 1 rings (SSSR count). The van der Waals surface area contributed by atoms with Crippen molar-refractivity contribution in [2.75, 3.05) is 6.61 Å². The first-order valence-corrected chi connectivity index (χ1v) is 9.47. The molecule has 0 aliphatic rings. The number of alkyl halides is 13. The molecule has 0 aliphatic carbocycles. The van der Waals surface area contributed by atoms with E-state index in [0.717, 1.165) is 0 Å². The summed E-state index contributed by atoms with van der Waals surface area (Å²) in [4.78, 5) is 11.5. The van der Waals surface area contributed by atoms with E-state index in [-0.39, 0.29) is 30.7 Å². The molecule has 1 aromatic rings. The van der Waals surface area contributed by atoms with Gasteiger partial charge in [0.2, 0.25) is 0 Å². The number of rotatable bonds is 9. The highest BCUT2D eigenvalue weighted by atomic mass is 19.4. The molecule has 3 nitrogen and oxygen atoms in total.